The van der Waals surface area contributed by atoms with Gasteiger partial charge in [-0.05, 0) is 84.5 Å². The molecule has 0 heterocycles. The van der Waals surface area contributed by atoms with Gasteiger partial charge in [0.2, 0.25) is 0 Å². The van der Waals surface area contributed by atoms with Gasteiger partial charge in [-0.25, -0.2) is 0 Å². The van der Waals surface area contributed by atoms with Crippen molar-refractivity contribution < 1.29 is 0 Å². The van der Waals surface area contributed by atoms with Crippen LogP contribution >= 0.6 is 0 Å². The molecule has 1 aliphatic rings. The molecular weight excluding hydrogens is 446 g/mol. The van der Waals surface area contributed by atoms with Gasteiger partial charge in [-0.3, -0.25) is 0 Å². The number of rotatable bonds is 5. The predicted molar refractivity (Wildman–Crippen MR) is 158 cm³/mol. The molecule has 0 N–H and O–H groups in total. The highest BCUT2D eigenvalue weighted by molar-refractivity contribution is 5.78. The molecule has 1 nitrogen and oxygen atoms in total. The Bertz CT molecular complexity index is 1450. The lowest BCUT2D eigenvalue weighted by molar-refractivity contribution is 0.803. The van der Waals surface area contributed by atoms with E-state index in [1.165, 1.54) is 56.0 Å². The molecule has 180 valence electrons. The Labute approximate surface area is 220 Å². The normalized spacial score (nSPS) is 12.5. The van der Waals surface area contributed by atoms with Gasteiger partial charge in [0.1, 0.15) is 0 Å². The molecule has 0 aromatic heterocycles. The van der Waals surface area contributed by atoms with Crippen LogP contribution in [-0.2, 0) is 6.42 Å². The van der Waals surface area contributed by atoms with Gasteiger partial charge >= 0.3 is 0 Å². The lowest BCUT2D eigenvalue weighted by Crippen LogP contribution is -2.10. The monoisotopic (exact) mass is 477 g/mol. The fraction of sp³-hybridized carbons (Fsp3) is 0.111. The van der Waals surface area contributed by atoms with Crippen molar-refractivity contribution in [2.45, 2.75) is 26.2 Å². The molecule has 0 bridgehead atoms. The van der Waals surface area contributed by atoms with Crippen molar-refractivity contribution in [3.63, 3.8) is 0 Å². The van der Waals surface area contributed by atoms with Gasteiger partial charge in [0.25, 0.3) is 0 Å². The minimum atomic E-state index is 0.318. The average Bonchev–Trinajstić information content (AvgIpc) is 3.09. The molecule has 0 atom stereocenters. The number of aryl methyl sites for hydroxylation is 2. The molecule has 5 aromatic carbocycles. The maximum Gasteiger partial charge on any atom is 0.0461 e. The summed E-state index contributed by atoms with van der Waals surface area (Å²) in [6, 6.07) is 44.3. The van der Waals surface area contributed by atoms with E-state index < -0.39 is 0 Å². The van der Waals surface area contributed by atoms with E-state index in [-0.39, 0.29) is 0 Å². The Kier molecular flexibility index (Phi) is 6.20. The van der Waals surface area contributed by atoms with E-state index in [2.05, 4.69) is 152 Å². The lowest BCUT2D eigenvalue weighted by Gasteiger charge is -2.26. The standard InChI is InChI=1S/C36H31N/c1-26-11-19-31(20-12-26)37(32-21-13-27(2)14-22-32)33-23-15-28(16-24-33)25-36-34-9-5-3-7-29(34)17-18-30-8-4-6-10-35(30)36/h3-24,36H,25H2,1-2H3. The van der Waals surface area contributed by atoms with Crippen LogP contribution in [0.15, 0.2) is 121 Å². The van der Waals surface area contributed by atoms with E-state index in [4.69, 9.17) is 0 Å². The summed E-state index contributed by atoms with van der Waals surface area (Å²) in [6.07, 6.45) is 5.49. The molecule has 37 heavy (non-hydrogen) atoms. The molecule has 1 heteroatoms. The summed E-state index contributed by atoms with van der Waals surface area (Å²) >= 11 is 0. The van der Waals surface area contributed by atoms with Crippen LogP contribution in [-0.4, -0.2) is 0 Å². The number of fused-ring (bicyclic) bond motifs is 2. The molecule has 0 saturated carbocycles. The smallest absolute Gasteiger partial charge is 0.0461 e. The summed E-state index contributed by atoms with van der Waals surface area (Å²) in [5, 5.41) is 0. The zero-order chi connectivity index (χ0) is 25.2. The maximum absolute atomic E-state index is 2.34. The van der Waals surface area contributed by atoms with Crippen LogP contribution in [0.25, 0.3) is 12.2 Å². The van der Waals surface area contributed by atoms with Crippen molar-refractivity contribution in [3.8, 4) is 0 Å². The van der Waals surface area contributed by atoms with Gasteiger partial charge in [-0.1, -0.05) is 108 Å². The predicted octanol–water partition coefficient (Wildman–Crippen LogP) is 9.63. The number of anilines is 3. The first-order valence-corrected chi connectivity index (χ1v) is 13.0. The summed E-state index contributed by atoms with van der Waals surface area (Å²) < 4.78 is 0. The van der Waals surface area contributed by atoms with Crippen LogP contribution in [0.3, 0.4) is 0 Å². The Morgan fingerprint density at radius 2 is 0.892 bits per heavy atom. The third-order valence-electron chi connectivity index (χ3n) is 7.40. The highest BCUT2D eigenvalue weighted by atomic mass is 15.1. The summed E-state index contributed by atoms with van der Waals surface area (Å²) in [6.45, 7) is 4.27. The highest BCUT2D eigenvalue weighted by Crippen LogP contribution is 2.38. The molecular formula is C36H31N. The Morgan fingerprint density at radius 1 is 0.486 bits per heavy atom. The number of hydrogen-bond donors (Lipinski definition) is 0. The van der Waals surface area contributed by atoms with Crippen molar-refractivity contribution >= 4 is 29.2 Å². The molecule has 0 saturated heterocycles. The Hall–Kier alpha value is -4.36. The van der Waals surface area contributed by atoms with Crippen molar-refractivity contribution in [1.29, 1.82) is 0 Å². The third kappa shape index (κ3) is 4.73. The second kappa shape index (κ2) is 9.95. The van der Waals surface area contributed by atoms with E-state index >= 15 is 0 Å². The first-order chi connectivity index (χ1) is 18.2. The zero-order valence-electron chi connectivity index (χ0n) is 21.4. The van der Waals surface area contributed by atoms with Crippen LogP contribution in [0.4, 0.5) is 17.1 Å². The first kappa shape index (κ1) is 23.1. The topological polar surface area (TPSA) is 3.24 Å². The average molecular weight is 478 g/mol. The van der Waals surface area contributed by atoms with Crippen molar-refractivity contribution in [1.82, 2.24) is 0 Å². The third-order valence-corrected chi connectivity index (χ3v) is 7.40. The van der Waals surface area contributed by atoms with Crippen molar-refractivity contribution in [2.24, 2.45) is 0 Å². The molecule has 0 fully saturated rings. The van der Waals surface area contributed by atoms with E-state index in [0.717, 1.165) is 6.42 Å². The van der Waals surface area contributed by atoms with Gasteiger partial charge in [0.05, 0.1) is 0 Å². The van der Waals surface area contributed by atoms with Gasteiger partial charge in [-0.2, -0.15) is 0 Å². The van der Waals surface area contributed by atoms with Crippen molar-refractivity contribution in [3.05, 3.63) is 160 Å². The SMILES string of the molecule is Cc1ccc(N(c2ccc(C)cc2)c2ccc(CC3c4ccccc4C=Cc4ccccc43)cc2)cc1. The molecule has 0 amide bonds. The van der Waals surface area contributed by atoms with Crippen molar-refractivity contribution in [2.75, 3.05) is 4.90 Å². The van der Waals surface area contributed by atoms with Gasteiger partial charge in [-0.15, -0.1) is 0 Å². The largest absolute Gasteiger partial charge is 0.311 e. The van der Waals surface area contributed by atoms with Gasteiger partial charge in [0, 0.05) is 23.0 Å². The molecule has 6 rings (SSSR count). The van der Waals surface area contributed by atoms with Crippen LogP contribution in [0, 0.1) is 13.8 Å². The molecule has 0 spiro atoms. The fourth-order valence-corrected chi connectivity index (χ4v) is 5.38. The molecule has 1 aliphatic carbocycles. The molecule has 0 aliphatic heterocycles. The first-order valence-electron chi connectivity index (χ1n) is 13.0. The highest BCUT2D eigenvalue weighted by Gasteiger charge is 2.22. The quantitative estimate of drug-likeness (QED) is 0.243. The second-order valence-corrected chi connectivity index (χ2v) is 10.0. The summed E-state index contributed by atoms with van der Waals surface area (Å²) in [5.41, 5.74) is 12.8. The van der Waals surface area contributed by atoms with E-state index in [1.54, 1.807) is 0 Å². The van der Waals surface area contributed by atoms with Crippen LogP contribution in [0.1, 0.15) is 44.9 Å². The van der Waals surface area contributed by atoms with E-state index in [9.17, 15) is 0 Å². The van der Waals surface area contributed by atoms with E-state index in [1.807, 2.05) is 0 Å². The Balaban J connectivity index is 1.36. The minimum absolute atomic E-state index is 0.318. The number of hydrogen-bond acceptors (Lipinski definition) is 1. The molecule has 0 unspecified atom stereocenters. The lowest BCUT2D eigenvalue weighted by atomic mass is 9.83. The number of benzene rings is 5. The summed E-state index contributed by atoms with van der Waals surface area (Å²) in [7, 11) is 0. The second-order valence-electron chi connectivity index (χ2n) is 10.0. The van der Waals surface area contributed by atoms with Gasteiger partial charge < -0.3 is 4.90 Å². The van der Waals surface area contributed by atoms with E-state index in [0.29, 0.717) is 5.92 Å². The van der Waals surface area contributed by atoms with Crippen LogP contribution < -0.4 is 4.90 Å². The van der Waals surface area contributed by atoms with Crippen LogP contribution in [0.5, 0.6) is 0 Å². The van der Waals surface area contributed by atoms with Gasteiger partial charge in [0.15, 0.2) is 0 Å². The number of nitrogens with zero attached hydrogens (tertiary/aromatic N) is 1. The fourth-order valence-electron chi connectivity index (χ4n) is 5.38. The molecule has 0 radical (unpaired) electrons. The zero-order valence-corrected chi connectivity index (χ0v) is 21.4. The molecule has 5 aromatic rings. The summed E-state index contributed by atoms with van der Waals surface area (Å²) in [4.78, 5) is 2.34. The van der Waals surface area contributed by atoms with Crippen LogP contribution in [0.2, 0.25) is 0 Å². The maximum atomic E-state index is 2.34. The Morgan fingerprint density at radius 3 is 1.35 bits per heavy atom. The minimum Gasteiger partial charge on any atom is -0.311 e. The summed E-state index contributed by atoms with van der Waals surface area (Å²) in [5.74, 6) is 0.318.